The van der Waals surface area contributed by atoms with Crippen molar-refractivity contribution in [1.29, 1.82) is 0 Å². The normalized spacial score (nSPS) is 19.6. The average Bonchev–Trinajstić information content (AvgIpc) is 3.23. The summed E-state index contributed by atoms with van der Waals surface area (Å²) in [7, 11) is 3.20. The van der Waals surface area contributed by atoms with E-state index in [0.29, 0.717) is 42.9 Å². The Morgan fingerprint density at radius 1 is 1.11 bits per heavy atom. The van der Waals surface area contributed by atoms with Crippen molar-refractivity contribution in [3.05, 3.63) is 48.0 Å². The predicted molar refractivity (Wildman–Crippen MR) is 126 cm³/mol. The molecule has 188 valence electrons. The molecule has 0 spiro atoms. The molecule has 0 aromatic heterocycles. The van der Waals surface area contributed by atoms with Gasteiger partial charge in [-0.3, -0.25) is 9.69 Å². The van der Waals surface area contributed by atoms with Crippen molar-refractivity contribution in [2.24, 2.45) is 0 Å². The summed E-state index contributed by atoms with van der Waals surface area (Å²) in [5.41, 5.74) is 1.38. The third-order valence-corrected chi connectivity index (χ3v) is 6.59. The molecule has 0 bridgehead atoms. The third kappa shape index (κ3) is 5.23. The molecular weight excluding hydrogens is 460 g/mol. The fourth-order valence-electron chi connectivity index (χ4n) is 4.51. The van der Waals surface area contributed by atoms with Crippen LogP contribution in [0.25, 0.3) is 11.1 Å². The Hall–Kier alpha value is -3.24. The number of nitrogens with one attached hydrogen (secondary N) is 1. The first-order valence-corrected chi connectivity index (χ1v) is 11.4. The number of ether oxygens (including phenoxy) is 3. The van der Waals surface area contributed by atoms with Gasteiger partial charge in [0.2, 0.25) is 5.91 Å². The van der Waals surface area contributed by atoms with Gasteiger partial charge in [-0.15, -0.1) is 0 Å². The summed E-state index contributed by atoms with van der Waals surface area (Å²) in [6.45, 7) is 2.87. The van der Waals surface area contributed by atoms with Crippen LogP contribution in [0.2, 0.25) is 0 Å². The maximum Gasteiger partial charge on any atom is 0.414 e. The number of piperidine rings is 1. The first kappa shape index (κ1) is 24.9. The molecular formula is C25H29F2N3O5. The molecule has 10 heteroatoms. The fraction of sp³-hybridized carbons (Fsp3) is 0.440. The van der Waals surface area contributed by atoms with Crippen molar-refractivity contribution in [3.8, 4) is 11.1 Å². The fourth-order valence-corrected chi connectivity index (χ4v) is 4.51. The van der Waals surface area contributed by atoms with Crippen LogP contribution in [0.4, 0.5) is 25.0 Å². The Balaban J connectivity index is 1.47. The number of hydrogen-bond donors (Lipinski definition) is 1. The molecule has 2 aromatic rings. The number of hydrogen-bond acceptors (Lipinski definition) is 6. The average molecular weight is 490 g/mol. The lowest BCUT2D eigenvalue weighted by Crippen LogP contribution is -2.47. The topological polar surface area (TPSA) is 80.3 Å². The molecule has 8 nitrogen and oxygen atoms in total. The minimum absolute atomic E-state index is 0.179. The third-order valence-electron chi connectivity index (χ3n) is 6.59. The van der Waals surface area contributed by atoms with E-state index in [9.17, 15) is 9.59 Å². The van der Waals surface area contributed by atoms with Gasteiger partial charge in [0.05, 0.1) is 24.5 Å². The highest BCUT2D eigenvalue weighted by Crippen LogP contribution is 2.34. The van der Waals surface area contributed by atoms with Gasteiger partial charge in [0, 0.05) is 52.6 Å². The quantitative estimate of drug-likeness (QED) is 0.598. The van der Waals surface area contributed by atoms with Gasteiger partial charge in [-0.1, -0.05) is 6.07 Å². The Labute approximate surface area is 202 Å². The molecule has 2 heterocycles. The van der Waals surface area contributed by atoms with Crippen molar-refractivity contribution < 1.29 is 32.6 Å². The van der Waals surface area contributed by atoms with Crippen LogP contribution < -0.4 is 15.1 Å². The lowest BCUT2D eigenvalue weighted by atomic mass is 10.0. The Kier molecular flexibility index (Phi) is 7.23. The van der Waals surface area contributed by atoms with Crippen LogP contribution in [-0.2, 0) is 19.0 Å². The second-order valence-corrected chi connectivity index (χ2v) is 8.69. The molecule has 35 heavy (non-hydrogen) atoms. The molecule has 4 rings (SSSR count). The van der Waals surface area contributed by atoms with Crippen LogP contribution >= 0.6 is 0 Å². The summed E-state index contributed by atoms with van der Waals surface area (Å²) in [4.78, 5) is 26.5. The number of carbonyl (C=O) groups is 2. The van der Waals surface area contributed by atoms with Crippen molar-refractivity contribution in [1.82, 2.24) is 5.32 Å². The van der Waals surface area contributed by atoms with Crippen LogP contribution in [0.1, 0.15) is 19.8 Å². The van der Waals surface area contributed by atoms with E-state index in [1.165, 1.54) is 30.0 Å². The Bertz CT molecular complexity index is 1100. The lowest BCUT2D eigenvalue weighted by molar-refractivity contribution is -0.216. The number of carbonyl (C=O) groups excluding carboxylic acids is 2. The van der Waals surface area contributed by atoms with Crippen LogP contribution in [-0.4, -0.2) is 64.3 Å². The summed E-state index contributed by atoms with van der Waals surface area (Å²) in [6, 6.07) is 8.97. The second kappa shape index (κ2) is 10.2. The summed E-state index contributed by atoms with van der Waals surface area (Å²) in [5, 5.41) is 2.60. The summed E-state index contributed by atoms with van der Waals surface area (Å²) >= 11 is 0. The summed E-state index contributed by atoms with van der Waals surface area (Å²) in [6.07, 6.45) is 0.0583. The molecule has 0 radical (unpaired) electrons. The second-order valence-electron chi connectivity index (χ2n) is 8.69. The van der Waals surface area contributed by atoms with Crippen molar-refractivity contribution in [2.45, 2.75) is 31.7 Å². The maximum absolute atomic E-state index is 15.0. The van der Waals surface area contributed by atoms with Crippen molar-refractivity contribution >= 4 is 23.4 Å². The molecule has 2 aliphatic rings. The van der Waals surface area contributed by atoms with Gasteiger partial charge in [0.15, 0.2) is 5.79 Å². The molecule has 2 saturated heterocycles. The van der Waals surface area contributed by atoms with E-state index in [1.54, 1.807) is 32.4 Å². The number of benzene rings is 2. The zero-order chi connectivity index (χ0) is 25.2. The molecule has 2 amide bonds. The highest BCUT2D eigenvalue weighted by atomic mass is 19.1. The molecule has 0 unspecified atom stereocenters. The van der Waals surface area contributed by atoms with Gasteiger partial charge in [-0.2, -0.15) is 0 Å². The van der Waals surface area contributed by atoms with E-state index >= 15 is 8.78 Å². The van der Waals surface area contributed by atoms with E-state index in [0.717, 1.165) is 0 Å². The van der Waals surface area contributed by atoms with Crippen LogP contribution in [0.5, 0.6) is 0 Å². The van der Waals surface area contributed by atoms with E-state index in [-0.39, 0.29) is 24.6 Å². The number of methoxy groups -OCH3 is 2. The van der Waals surface area contributed by atoms with Gasteiger partial charge in [-0.05, 0) is 35.9 Å². The SMILES string of the molecule is COC1(OC)CCN(c2ccc(-c3ccc(N4C[C@H](CNC(C)=O)OC4=O)cc3F)cc2F)CC1. The zero-order valence-electron chi connectivity index (χ0n) is 20.0. The highest BCUT2D eigenvalue weighted by Gasteiger charge is 2.35. The molecule has 1 atom stereocenters. The molecule has 0 saturated carbocycles. The van der Waals surface area contributed by atoms with E-state index in [2.05, 4.69) is 5.32 Å². The smallest absolute Gasteiger partial charge is 0.414 e. The van der Waals surface area contributed by atoms with Gasteiger partial charge in [0.1, 0.15) is 17.7 Å². The van der Waals surface area contributed by atoms with Crippen molar-refractivity contribution in [3.63, 3.8) is 0 Å². The van der Waals surface area contributed by atoms with Gasteiger partial charge >= 0.3 is 6.09 Å². The standard InChI is InChI=1S/C25H29F2N3O5/c1-16(31)28-14-19-15-30(24(32)35-19)18-5-6-20(21(26)13-18)17-4-7-23(22(27)12-17)29-10-8-25(33-2,34-3)9-11-29/h4-7,12-13,19H,8-11,14-15H2,1-3H3,(H,28,31)/t19-/m0/s1. The zero-order valence-corrected chi connectivity index (χ0v) is 20.0. The van der Waals surface area contributed by atoms with Crippen LogP contribution in [0, 0.1) is 11.6 Å². The van der Waals surface area contributed by atoms with Gasteiger partial charge in [0.25, 0.3) is 0 Å². The minimum atomic E-state index is -0.649. The number of anilines is 2. The number of nitrogens with zero attached hydrogens (tertiary/aromatic N) is 2. The molecule has 2 fully saturated rings. The van der Waals surface area contributed by atoms with Gasteiger partial charge < -0.3 is 24.4 Å². The monoisotopic (exact) mass is 489 g/mol. The molecule has 2 aromatic carbocycles. The maximum atomic E-state index is 15.0. The van der Waals surface area contributed by atoms with E-state index < -0.39 is 29.6 Å². The first-order chi connectivity index (χ1) is 16.7. The Morgan fingerprint density at radius 2 is 1.83 bits per heavy atom. The Morgan fingerprint density at radius 3 is 2.43 bits per heavy atom. The van der Waals surface area contributed by atoms with Gasteiger partial charge in [-0.25, -0.2) is 13.6 Å². The largest absolute Gasteiger partial charge is 0.442 e. The van der Waals surface area contributed by atoms with Crippen molar-refractivity contribution in [2.75, 3.05) is 50.2 Å². The highest BCUT2D eigenvalue weighted by molar-refractivity contribution is 5.90. The van der Waals surface area contributed by atoms with Crippen LogP contribution in [0.3, 0.4) is 0 Å². The number of rotatable bonds is 7. The van der Waals surface area contributed by atoms with E-state index in [4.69, 9.17) is 14.2 Å². The summed E-state index contributed by atoms with van der Waals surface area (Å²) < 4.78 is 46.2. The molecule has 0 aliphatic carbocycles. The number of halogens is 2. The number of amides is 2. The lowest BCUT2D eigenvalue weighted by Gasteiger charge is -2.40. The first-order valence-electron chi connectivity index (χ1n) is 11.4. The van der Waals surface area contributed by atoms with Crippen LogP contribution in [0.15, 0.2) is 36.4 Å². The van der Waals surface area contributed by atoms with E-state index in [1.807, 2.05) is 4.90 Å². The predicted octanol–water partition coefficient (Wildman–Crippen LogP) is 3.68. The summed E-state index contributed by atoms with van der Waals surface area (Å²) in [5.74, 6) is -1.91. The molecule has 1 N–H and O–H groups in total. The molecule has 2 aliphatic heterocycles. The minimum Gasteiger partial charge on any atom is -0.442 e. The number of cyclic esters (lactones) is 1.